The van der Waals surface area contributed by atoms with Gasteiger partial charge in [0.15, 0.2) is 5.96 Å². The zero-order valence-electron chi connectivity index (χ0n) is 12.7. The van der Waals surface area contributed by atoms with E-state index in [2.05, 4.69) is 64.4 Å². The van der Waals surface area contributed by atoms with Crippen LogP contribution in [0.1, 0.15) is 32.3 Å². The van der Waals surface area contributed by atoms with Crippen LogP contribution in [0.2, 0.25) is 0 Å². The Morgan fingerprint density at radius 1 is 1.33 bits per heavy atom. The number of hydrogen-bond donors (Lipinski definition) is 2. The highest BCUT2D eigenvalue weighted by atomic mass is 79.9. The lowest BCUT2D eigenvalue weighted by Gasteiger charge is -2.36. The zero-order valence-corrected chi connectivity index (χ0v) is 14.3. The molecule has 0 aromatic heterocycles. The molecule has 0 aliphatic carbocycles. The minimum atomic E-state index is 0.0300. The van der Waals surface area contributed by atoms with Crippen LogP contribution >= 0.6 is 15.9 Å². The summed E-state index contributed by atoms with van der Waals surface area (Å²) in [5.41, 5.74) is 7.30. The summed E-state index contributed by atoms with van der Waals surface area (Å²) in [4.78, 5) is 4.58. The Morgan fingerprint density at radius 3 is 2.52 bits per heavy atom. The highest BCUT2D eigenvalue weighted by Crippen LogP contribution is 2.35. The van der Waals surface area contributed by atoms with Crippen molar-refractivity contribution >= 4 is 21.9 Å². The van der Waals surface area contributed by atoms with Gasteiger partial charge in [0, 0.05) is 29.1 Å². The van der Waals surface area contributed by atoms with Gasteiger partial charge in [-0.3, -0.25) is 4.99 Å². The molecule has 0 atom stereocenters. The number of benzene rings is 1. The van der Waals surface area contributed by atoms with E-state index in [1.54, 1.807) is 0 Å². The summed E-state index contributed by atoms with van der Waals surface area (Å²) in [6.07, 6.45) is 1.96. The fourth-order valence-electron chi connectivity index (χ4n) is 2.68. The standard InChI is InChI=1S/C16H24BrN3O/c1-12(2)20-15(18)19-11-16(7-9-21-10-8-16)13-3-5-14(17)6-4-13/h3-6,12H,7-11H2,1-2H3,(H3,18,19,20). The molecule has 116 valence electrons. The van der Waals surface area contributed by atoms with Crippen molar-refractivity contribution < 1.29 is 4.74 Å². The normalized spacial score (nSPS) is 18.8. The predicted octanol–water partition coefficient (Wildman–Crippen LogP) is 2.81. The van der Waals surface area contributed by atoms with Gasteiger partial charge >= 0.3 is 0 Å². The van der Waals surface area contributed by atoms with Crippen LogP contribution in [0.3, 0.4) is 0 Å². The molecule has 1 fully saturated rings. The molecule has 4 nitrogen and oxygen atoms in total. The zero-order chi connectivity index (χ0) is 15.3. The quantitative estimate of drug-likeness (QED) is 0.646. The number of guanidine groups is 1. The minimum Gasteiger partial charge on any atom is -0.381 e. The van der Waals surface area contributed by atoms with Crippen LogP contribution in [0.4, 0.5) is 0 Å². The van der Waals surface area contributed by atoms with Gasteiger partial charge < -0.3 is 15.8 Å². The number of nitrogens with one attached hydrogen (secondary N) is 1. The molecule has 1 heterocycles. The van der Waals surface area contributed by atoms with Crippen molar-refractivity contribution in [2.75, 3.05) is 19.8 Å². The van der Waals surface area contributed by atoms with E-state index in [9.17, 15) is 0 Å². The third-order valence-electron chi connectivity index (χ3n) is 3.90. The average molecular weight is 354 g/mol. The highest BCUT2D eigenvalue weighted by molar-refractivity contribution is 9.10. The van der Waals surface area contributed by atoms with E-state index < -0.39 is 0 Å². The van der Waals surface area contributed by atoms with Crippen LogP contribution in [0, 0.1) is 0 Å². The molecule has 0 unspecified atom stereocenters. The van der Waals surface area contributed by atoms with Crippen molar-refractivity contribution in [3.05, 3.63) is 34.3 Å². The minimum absolute atomic E-state index is 0.0300. The van der Waals surface area contributed by atoms with Crippen molar-refractivity contribution in [1.29, 1.82) is 0 Å². The number of rotatable bonds is 4. The number of hydrogen-bond acceptors (Lipinski definition) is 2. The Hall–Kier alpha value is -1.07. The highest BCUT2D eigenvalue weighted by Gasteiger charge is 2.34. The SMILES string of the molecule is CC(C)NC(N)=NCC1(c2ccc(Br)cc2)CCOCC1. The first-order valence-electron chi connectivity index (χ1n) is 7.42. The summed E-state index contributed by atoms with van der Waals surface area (Å²) < 4.78 is 6.63. The summed E-state index contributed by atoms with van der Waals surface area (Å²) in [5.74, 6) is 0.521. The topological polar surface area (TPSA) is 59.6 Å². The third-order valence-corrected chi connectivity index (χ3v) is 4.42. The maximum absolute atomic E-state index is 5.95. The summed E-state index contributed by atoms with van der Waals surface area (Å²) >= 11 is 3.49. The molecule has 0 spiro atoms. The molecule has 3 N–H and O–H groups in total. The van der Waals surface area contributed by atoms with Crippen LogP contribution in [-0.2, 0) is 10.2 Å². The largest absolute Gasteiger partial charge is 0.381 e. The molecule has 1 aliphatic rings. The lowest BCUT2D eigenvalue weighted by molar-refractivity contribution is 0.0531. The van der Waals surface area contributed by atoms with Crippen molar-refractivity contribution in [3.63, 3.8) is 0 Å². The second-order valence-corrected chi connectivity index (χ2v) is 6.82. The number of ether oxygens (including phenoxy) is 1. The van der Waals surface area contributed by atoms with E-state index in [0.717, 1.165) is 30.5 Å². The van der Waals surface area contributed by atoms with Crippen LogP contribution in [-0.4, -0.2) is 31.8 Å². The monoisotopic (exact) mass is 353 g/mol. The first kappa shape index (κ1) is 16.3. The maximum Gasteiger partial charge on any atom is 0.188 e. The van der Waals surface area contributed by atoms with Crippen LogP contribution in [0.5, 0.6) is 0 Å². The fraction of sp³-hybridized carbons (Fsp3) is 0.562. The Bertz CT molecular complexity index is 479. The van der Waals surface area contributed by atoms with Crippen molar-refractivity contribution in [2.24, 2.45) is 10.7 Å². The number of aliphatic imine (C=N–C) groups is 1. The van der Waals surface area contributed by atoms with Gasteiger partial charge in [0.1, 0.15) is 0 Å². The van der Waals surface area contributed by atoms with Gasteiger partial charge in [-0.2, -0.15) is 0 Å². The molecule has 0 saturated carbocycles. The average Bonchev–Trinajstić information content (AvgIpc) is 2.46. The summed E-state index contributed by atoms with van der Waals surface area (Å²) in [6.45, 7) is 6.37. The Balaban J connectivity index is 2.19. The van der Waals surface area contributed by atoms with E-state index in [1.165, 1.54) is 5.56 Å². The summed E-state index contributed by atoms with van der Waals surface area (Å²) in [7, 11) is 0. The molecule has 0 radical (unpaired) electrons. The molecule has 21 heavy (non-hydrogen) atoms. The number of halogens is 1. The van der Waals surface area contributed by atoms with Gasteiger partial charge in [0.2, 0.25) is 0 Å². The van der Waals surface area contributed by atoms with E-state index >= 15 is 0 Å². The molecule has 2 rings (SSSR count). The first-order chi connectivity index (χ1) is 10.0. The van der Waals surface area contributed by atoms with Crippen LogP contribution < -0.4 is 11.1 Å². The molecular formula is C16H24BrN3O. The number of nitrogens with zero attached hydrogens (tertiary/aromatic N) is 1. The fourth-order valence-corrected chi connectivity index (χ4v) is 2.95. The first-order valence-corrected chi connectivity index (χ1v) is 8.21. The van der Waals surface area contributed by atoms with Gasteiger partial charge in [0.05, 0.1) is 6.54 Å². The molecule has 0 amide bonds. The maximum atomic E-state index is 5.95. The second kappa shape index (κ2) is 7.27. The predicted molar refractivity (Wildman–Crippen MR) is 90.6 cm³/mol. The van der Waals surface area contributed by atoms with E-state index in [0.29, 0.717) is 18.5 Å². The summed E-state index contributed by atoms with van der Waals surface area (Å²) in [5, 5.41) is 3.15. The number of nitrogens with two attached hydrogens (primary N) is 1. The Labute approximate surface area is 135 Å². The van der Waals surface area contributed by atoms with Gasteiger partial charge in [-0.05, 0) is 44.4 Å². The molecule has 0 bridgehead atoms. The molecular weight excluding hydrogens is 330 g/mol. The molecule has 1 saturated heterocycles. The van der Waals surface area contributed by atoms with Crippen molar-refractivity contribution in [3.8, 4) is 0 Å². The van der Waals surface area contributed by atoms with E-state index in [4.69, 9.17) is 10.5 Å². The second-order valence-electron chi connectivity index (χ2n) is 5.90. The molecule has 1 aromatic rings. The lowest BCUT2D eigenvalue weighted by Crippen LogP contribution is -2.40. The van der Waals surface area contributed by atoms with Crippen molar-refractivity contribution in [1.82, 2.24) is 5.32 Å². The van der Waals surface area contributed by atoms with Crippen LogP contribution in [0.25, 0.3) is 0 Å². The Kier molecular flexibility index (Phi) is 5.65. The third kappa shape index (κ3) is 4.45. The van der Waals surface area contributed by atoms with E-state index in [-0.39, 0.29) is 5.41 Å². The Morgan fingerprint density at radius 2 is 1.95 bits per heavy atom. The van der Waals surface area contributed by atoms with Gasteiger partial charge in [-0.25, -0.2) is 0 Å². The van der Waals surface area contributed by atoms with E-state index in [1.807, 2.05) is 0 Å². The van der Waals surface area contributed by atoms with Gasteiger partial charge in [-0.1, -0.05) is 28.1 Å². The van der Waals surface area contributed by atoms with Crippen LogP contribution in [0.15, 0.2) is 33.7 Å². The molecule has 1 aliphatic heterocycles. The van der Waals surface area contributed by atoms with Gasteiger partial charge in [0.25, 0.3) is 0 Å². The molecule has 1 aromatic carbocycles. The summed E-state index contributed by atoms with van der Waals surface area (Å²) in [6, 6.07) is 8.83. The smallest absolute Gasteiger partial charge is 0.188 e. The lowest BCUT2D eigenvalue weighted by atomic mass is 9.74. The molecule has 5 heteroatoms. The van der Waals surface area contributed by atoms with Gasteiger partial charge in [-0.15, -0.1) is 0 Å². The van der Waals surface area contributed by atoms with Crippen molar-refractivity contribution in [2.45, 2.75) is 38.1 Å².